The molecule has 0 saturated heterocycles. The lowest BCUT2D eigenvalue weighted by Crippen LogP contribution is -2.33. The molecule has 4 nitrogen and oxygen atoms in total. The average Bonchev–Trinajstić information content (AvgIpc) is 2.59. The first-order chi connectivity index (χ1) is 12.4. The second-order valence-corrected chi connectivity index (χ2v) is 7.49. The van der Waals surface area contributed by atoms with Crippen molar-refractivity contribution < 1.29 is 0 Å². The van der Waals surface area contributed by atoms with E-state index in [1.807, 2.05) is 0 Å². The zero-order valence-corrected chi connectivity index (χ0v) is 17.0. The fourth-order valence-corrected chi connectivity index (χ4v) is 4.07. The van der Waals surface area contributed by atoms with Gasteiger partial charge in [-0.1, -0.05) is 31.5 Å². The summed E-state index contributed by atoms with van der Waals surface area (Å²) >= 11 is 0. The van der Waals surface area contributed by atoms with Crippen molar-refractivity contribution in [2.75, 3.05) is 28.6 Å². The number of fused-ring (bicyclic) bond motifs is 1. The van der Waals surface area contributed by atoms with E-state index in [0.717, 1.165) is 43.1 Å². The van der Waals surface area contributed by atoms with Gasteiger partial charge in [-0.05, 0) is 57.7 Å². The number of pyridine rings is 1. The van der Waals surface area contributed by atoms with Crippen molar-refractivity contribution in [1.82, 2.24) is 4.98 Å². The maximum absolute atomic E-state index is 4.92. The molecule has 0 aliphatic carbocycles. The van der Waals surface area contributed by atoms with Gasteiger partial charge in [-0.15, -0.1) is 0 Å². The molecule has 0 spiro atoms. The first-order valence-corrected chi connectivity index (χ1v) is 9.82. The van der Waals surface area contributed by atoms with Gasteiger partial charge in [-0.2, -0.15) is 0 Å². The van der Waals surface area contributed by atoms with Crippen LogP contribution in [0, 0.1) is 27.7 Å². The molecule has 2 N–H and O–H groups in total. The molecule has 140 valence electrons. The number of aromatic nitrogens is 1. The van der Waals surface area contributed by atoms with Crippen LogP contribution in [-0.2, 0) is 0 Å². The Hall–Kier alpha value is -2.23. The maximum Gasteiger partial charge on any atom is 0.158 e. The molecule has 0 amide bonds. The first-order valence-electron chi connectivity index (χ1n) is 9.82. The third kappa shape index (κ3) is 3.50. The van der Waals surface area contributed by atoms with Gasteiger partial charge in [0.15, 0.2) is 5.82 Å². The van der Waals surface area contributed by atoms with E-state index in [-0.39, 0.29) is 0 Å². The smallest absolute Gasteiger partial charge is 0.158 e. The molecule has 1 aliphatic heterocycles. The number of rotatable bonds is 5. The van der Waals surface area contributed by atoms with E-state index < -0.39 is 0 Å². The Balaban J connectivity index is 2.09. The Morgan fingerprint density at radius 2 is 1.73 bits per heavy atom. The van der Waals surface area contributed by atoms with Crippen LogP contribution < -0.4 is 15.5 Å². The van der Waals surface area contributed by atoms with Crippen molar-refractivity contribution >= 4 is 22.9 Å². The van der Waals surface area contributed by atoms with Crippen molar-refractivity contribution in [2.24, 2.45) is 0 Å². The number of anilines is 4. The van der Waals surface area contributed by atoms with Crippen LogP contribution in [0.4, 0.5) is 22.9 Å². The predicted molar refractivity (Wildman–Crippen MR) is 113 cm³/mol. The Morgan fingerprint density at radius 3 is 2.35 bits per heavy atom. The molecule has 3 rings (SSSR count). The summed E-state index contributed by atoms with van der Waals surface area (Å²) in [5, 5.41) is 7.32. The summed E-state index contributed by atoms with van der Waals surface area (Å²) in [6.45, 7) is 15.0. The summed E-state index contributed by atoms with van der Waals surface area (Å²) in [5.41, 5.74) is 8.59. The summed E-state index contributed by atoms with van der Waals surface area (Å²) < 4.78 is 0. The molecule has 1 aromatic heterocycles. The third-order valence-electron chi connectivity index (χ3n) is 5.27. The lowest BCUT2D eigenvalue weighted by atomic mass is 10.0. The van der Waals surface area contributed by atoms with Crippen LogP contribution in [0.5, 0.6) is 0 Å². The molecule has 0 unspecified atom stereocenters. The fraction of sp³-hybridized carbons (Fsp3) is 0.500. The number of hydrogen-bond acceptors (Lipinski definition) is 4. The summed E-state index contributed by atoms with van der Waals surface area (Å²) in [6, 6.07) is 7.19. The van der Waals surface area contributed by atoms with Crippen molar-refractivity contribution in [1.29, 1.82) is 0 Å². The maximum atomic E-state index is 4.92. The van der Waals surface area contributed by atoms with E-state index in [2.05, 4.69) is 75.3 Å². The summed E-state index contributed by atoms with van der Waals surface area (Å²) in [5.74, 6) is 1.04. The van der Waals surface area contributed by atoms with Crippen LogP contribution in [0.3, 0.4) is 0 Å². The monoisotopic (exact) mass is 352 g/mol. The highest BCUT2D eigenvalue weighted by Crippen LogP contribution is 2.41. The van der Waals surface area contributed by atoms with E-state index in [1.54, 1.807) is 0 Å². The molecule has 4 heteroatoms. The minimum Gasteiger partial charge on any atom is -0.380 e. The van der Waals surface area contributed by atoms with Gasteiger partial charge < -0.3 is 15.5 Å². The van der Waals surface area contributed by atoms with Gasteiger partial charge in [-0.3, -0.25) is 0 Å². The van der Waals surface area contributed by atoms with E-state index in [1.165, 1.54) is 28.1 Å². The third-order valence-corrected chi connectivity index (χ3v) is 5.27. The molecule has 2 aromatic rings. The molecule has 2 heterocycles. The van der Waals surface area contributed by atoms with Gasteiger partial charge >= 0.3 is 0 Å². The van der Waals surface area contributed by atoms with Crippen LogP contribution >= 0.6 is 0 Å². The Morgan fingerprint density at radius 1 is 1.08 bits per heavy atom. The van der Waals surface area contributed by atoms with Gasteiger partial charge in [0.05, 0.1) is 5.69 Å². The Labute approximate surface area is 158 Å². The highest BCUT2D eigenvalue weighted by Gasteiger charge is 2.25. The van der Waals surface area contributed by atoms with Crippen LogP contribution in [0.15, 0.2) is 18.2 Å². The average molecular weight is 353 g/mol. The highest BCUT2D eigenvalue weighted by molar-refractivity contribution is 5.87. The summed E-state index contributed by atoms with van der Waals surface area (Å²) in [4.78, 5) is 7.31. The second kappa shape index (κ2) is 7.56. The minimum atomic E-state index is 0.487. The number of aryl methyl sites for hydroxylation is 4. The normalized spacial score (nSPS) is 13.6. The van der Waals surface area contributed by atoms with E-state index in [4.69, 9.17) is 4.98 Å². The molecule has 0 atom stereocenters. The number of nitrogens with zero attached hydrogens (tertiary/aromatic N) is 2. The minimum absolute atomic E-state index is 0.487. The largest absolute Gasteiger partial charge is 0.380 e. The summed E-state index contributed by atoms with van der Waals surface area (Å²) in [6.07, 6.45) is 2.24. The molecule has 0 bridgehead atoms. The quantitative estimate of drug-likeness (QED) is 0.747. The van der Waals surface area contributed by atoms with Gasteiger partial charge in [0.25, 0.3) is 0 Å². The zero-order chi connectivity index (χ0) is 18.8. The number of hydrogen-bond donors (Lipinski definition) is 2. The first kappa shape index (κ1) is 18.6. The lowest BCUT2D eigenvalue weighted by Gasteiger charge is -2.35. The van der Waals surface area contributed by atoms with Crippen molar-refractivity contribution in [2.45, 2.75) is 60.4 Å². The van der Waals surface area contributed by atoms with Crippen molar-refractivity contribution in [3.8, 4) is 0 Å². The predicted octanol–water partition coefficient (Wildman–Crippen LogP) is 5.48. The van der Waals surface area contributed by atoms with Crippen LogP contribution in [0.2, 0.25) is 0 Å². The lowest BCUT2D eigenvalue weighted by molar-refractivity contribution is 0.671. The van der Waals surface area contributed by atoms with Gasteiger partial charge in [-0.25, -0.2) is 4.98 Å². The van der Waals surface area contributed by atoms with Crippen LogP contribution in [0.25, 0.3) is 0 Å². The second-order valence-electron chi connectivity index (χ2n) is 7.49. The van der Waals surface area contributed by atoms with E-state index in [0.29, 0.717) is 6.04 Å². The van der Waals surface area contributed by atoms with Crippen molar-refractivity contribution in [3.63, 3.8) is 0 Å². The Bertz CT molecular complexity index is 770. The standard InChI is InChI=1S/C22H32N4/c1-7-18(8-2)25-19-13-17(6)24-22-20(19)23-9-10-26(22)21-15(4)11-14(3)12-16(21)5/h11-13,18,23H,7-10H2,1-6H3,(H,24,25). The molecular weight excluding hydrogens is 320 g/mol. The Kier molecular flexibility index (Phi) is 5.40. The van der Waals surface area contributed by atoms with Gasteiger partial charge in [0.2, 0.25) is 0 Å². The molecule has 1 aromatic carbocycles. The number of benzene rings is 1. The van der Waals surface area contributed by atoms with Gasteiger partial charge in [0.1, 0.15) is 5.69 Å². The fourth-order valence-electron chi connectivity index (χ4n) is 4.07. The van der Waals surface area contributed by atoms with E-state index >= 15 is 0 Å². The van der Waals surface area contributed by atoms with Crippen LogP contribution in [-0.4, -0.2) is 24.1 Å². The molecule has 0 fully saturated rings. The molecule has 0 radical (unpaired) electrons. The van der Waals surface area contributed by atoms with E-state index in [9.17, 15) is 0 Å². The zero-order valence-electron chi connectivity index (χ0n) is 17.0. The molecule has 0 saturated carbocycles. The topological polar surface area (TPSA) is 40.2 Å². The molecular formula is C22H32N4. The van der Waals surface area contributed by atoms with Crippen LogP contribution in [0.1, 0.15) is 49.1 Å². The molecule has 1 aliphatic rings. The van der Waals surface area contributed by atoms with Gasteiger partial charge in [0, 0.05) is 30.5 Å². The highest BCUT2D eigenvalue weighted by atomic mass is 15.3. The SMILES string of the molecule is CCC(CC)Nc1cc(C)nc2c1NCCN2c1c(C)cc(C)cc1C. The molecule has 26 heavy (non-hydrogen) atoms. The summed E-state index contributed by atoms with van der Waals surface area (Å²) in [7, 11) is 0. The van der Waals surface area contributed by atoms with Crippen molar-refractivity contribution in [3.05, 3.63) is 40.6 Å². The number of nitrogens with one attached hydrogen (secondary N) is 2.